The minimum absolute atomic E-state index is 0.226. The molecule has 7 nitrogen and oxygen atoms in total. The molecule has 2 fully saturated rings. The lowest BCUT2D eigenvalue weighted by Gasteiger charge is -2.25. The number of hydrogen-bond donors (Lipinski definition) is 0. The van der Waals surface area contributed by atoms with Crippen LogP contribution in [0.5, 0.6) is 11.5 Å². The molecule has 3 rings (SSSR count). The summed E-state index contributed by atoms with van der Waals surface area (Å²) in [7, 11) is 0. The van der Waals surface area contributed by atoms with Crippen molar-refractivity contribution >= 4 is 46.6 Å². The first kappa shape index (κ1) is 24.5. The third-order valence-corrected chi connectivity index (χ3v) is 6.50. The van der Waals surface area contributed by atoms with E-state index in [-0.39, 0.29) is 35.1 Å². The van der Waals surface area contributed by atoms with E-state index >= 15 is 0 Å². The summed E-state index contributed by atoms with van der Waals surface area (Å²) in [5.41, 5.74) is 0.602. The zero-order valence-electron chi connectivity index (χ0n) is 18.4. The SMILES string of the molecule is CCOC(=O)COc1c(Cl)cc(/C=C2/SC(=O)N(CC3CCCCC3)C2=O)cc1OCC. The molecule has 0 bridgehead atoms. The molecule has 174 valence electrons. The number of amides is 2. The Balaban J connectivity index is 1.77. The molecule has 0 N–H and O–H groups in total. The Hall–Kier alpha value is -2.19. The molecule has 0 atom stereocenters. The molecule has 1 saturated carbocycles. The van der Waals surface area contributed by atoms with Crippen molar-refractivity contribution in [2.45, 2.75) is 46.0 Å². The Morgan fingerprint density at radius 2 is 1.91 bits per heavy atom. The molecule has 1 saturated heterocycles. The molecule has 0 radical (unpaired) electrons. The van der Waals surface area contributed by atoms with Crippen LogP contribution >= 0.6 is 23.4 Å². The Morgan fingerprint density at radius 3 is 2.59 bits per heavy atom. The van der Waals surface area contributed by atoms with Gasteiger partial charge in [-0.25, -0.2) is 4.79 Å². The van der Waals surface area contributed by atoms with Gasteiger partial charge >= 0.3 is 5.97 Å². The van der Waals surface area contributed by atoms with Crippen molar-refractivity contribution in [1.82, 2.24) is 4.90 Å². The van der Waals surface area contributed by atoms with Crippen LogP contribution in [0, 0.1) is 5.92 Å². The maximum atomic E-state index is 12.9. The van der Waals surface area contributed by atoms with E-state index in [1.54, 1.807) is 25.1 Å². The molecule has 1 aliphatic carbocycles. The van der Waals surface area contributed by atoms with Crippen LogP contribution in [0.2, 0.25) is 5.02 Å². The third-order valence-electron chi connectivity index (χ3n) is 5.31. The van der Waals surface area contributed by atoms with Crippen LogP contribution in [0.4, 0.5) is 4.79 Å². The molecule has 0 unspecified atom stereocenters. The summed E-state index contributed by atoms with van der Waals surface area (Å²) in [6.45, 7) is 4.31. The highest BCUT2D eigenvalue weighted by Gasteiger charge is 2.36. The van der Waals surface area contributed by atoms with Gasteiger partial charge in [-0.1, -0.05) is 30.9 Å². The van der Waals surface area contributed by atoms with Gasteiger partial charge in [-0.15, -0.1) is 0 Å². The summed E-state index contributed by atoms with van der Waals surface area (Å²) >= 11 is 7.32. The number of benzene rings is 1. The Morgan fingerprint density at radius 1 is 1.16 bits per heavy atom. The molecular formula is C23H28ClNO6S. The number of nitrogens with zero attached hydrogens (tertiary/aromatic N) is 1. The molecule has 1 aromatic carbocycles. The Labute approximate surface area is 197 Å². The maximum absolute atomic E-state index is 12.9. The predicted octanol–water partition coefficient (Wildman–Crippen LogP) is 5.30. The van der Waals surface area contributed by atoms with Crippen molar-refractivity contribution < 1.29 is 28.6 Å². The van der Waals surface area contributed by atoms with E-state index in [4.69, 9.17) is 25.8 Å². The highest BCUT2D eigenvalue weighted by Crippen LogP contribution is 2.39. The van der Waals surface area contributed by atoms with E-state index in [2.05, 4.69) is 0 Å². The Kier molecular flexibility index (Phi) is 8.87. The van der Waals surface area contributed by atoms with Crippen LogP contribution in [0.1, 0.15) is 51.5 Å². The number of hydrogen-bond acceptors (Lipinski definition) is 7. The minimum Gasteiger partial charge on any atom is -0.490 e. The van der Waals surface area contributed by atoms with Crippen LogP contribution in [-0.4, -0.2) is 48.4 Å². The Bertz CT molecular complexity index is 897. The minimum atomic E-state index is -0.512. The average Bonchev–Trinajstić information content (AvgIpc) is 3.01. The van der Waals surface area contributed by atoms with Gasteiger partial charge in [0.05, 0.1) is 23.1 Å². The van der Waals surface area contributed by atoms with Crippen molar-refractivity contribution in [3.63, 3.8) is 0 Å². The van der Waals surface area contributed by atoms with Crippen molar-refractivity contribution in [1.29, 1.82) is 0 Å². The fraction of sp³-hybridized carbons (Fsp3) is 0.522. The van der Waals surface area contributed by atoms with Crippen LogP contribution in [-0.2, 0) is 14.3 Å². The molecule has 2 amide bonds. The molecule has 9 heteroatoms. The fourth-order valence-corrected chi connectivity index (χ4v) is 4.97. The van der Waals surface area contributed by atoms with Gasteiger partial charge in [0.25, 0.3) is 11.1 Å². The first-order chi connectivity index (χ1) is 15.4. The topological polar surface area (TPSA) is 82.1 Å². The van der Waals surface area contributed by atoms with Crippen molar-refractivity contribution in [2.75, 3.05) is 26.4 Å². The summed E-state index contributed by atoms with van der Waals surface area (Å²) in [6.07, 6.45) is 7.28. The molecule has 1 aromatic rings. The summed E-state index contributed by atoms with van der Waals surface area (Å²) in [5.74, 6) is 0.163. The lowest BCUT2D eigenvalue weighted by molar-refractivity contribution is -0.145. The number of carbonyl (C=O) groups is 3. The predicted molar refractivity (Wildman–Crippen MR) is 124 cm³/mol. The number of rotatable bonds is 9. The average molecular weight is 482 g/mol. The maximum Gasteiger partial charge on any atom is 0.344 e. The van der Waals surface area contributed by atoms with Gasteiger partial charge in [0, 0.05) is 6.54 Å². The van der Waals surface area contributed by atoms with E-state index in [9.17, 15) is 14.4 Å². The first-order valence-corrected chi connectivity index (χ1v) is 12.1. The smallest absolute Gasteiger partial charge is 0.344 e. The van der Waals surface area contributed by atoms with E-state index in [1.807, 2.05) is 6.92 Å². The van der Waals surface area contributed by atoms with Gasteiger partial charge in [-0.2, -0.15) is 0 Å². The standard InChI is InChI=1S/C23H28ClNO6S/c1-3-29-18-11-16(10-17(24)21(18)31-14-20(26)30-4-2)12-19-22(27)25(23(28)32-19)13-15-8-6-5-7-9-15/h10-12,15H,3-9,13-14H2,1-2H3/b19-12+. The van der Waals surface area contributed by atoms with Gasteiger partial charge in [0.1, 0.15) is 0 Å². The lowest BCUT2D eigenvalue weighted by atomic mass is 9.89. The third kappa shape index (κ3) is 6.19. The molecule has 1 aliphatic heterocycles. The summed E-state index contributed by atoms with van der Waals surface area (Å²) in [5, 5.41) is -0.00900. The van der Waals surface area contributed by atoms with Crippen LogP contribution in [0.25, 0.3) is 6.08 Å². The normalized spacial score (nSPS) is 18.3. The second-order valence-corrected chi connectivity index (χ2v) is 9.05. The van der Waals surface area contributed by atoms with Gasteiger partial charge in [-0.3, -0.25) is 14.5 Å². The molecule has 0 aromatic heterocycles. The number of halogens is 1. The molecule has 1 heterocycles. The zero-order valence-corrected chi connectivity index (χ0v) is 19.9. The van der Waals surface area contributed by atoms with Crippen LogP contribution < -0.4 is 9.47 Å². The van der Waals surface area contributed by atoms with Gasteiger partial charge in [-0.05, 0) is 68.1 Å². The van der Waals surface area contributed by atoms with E-state index in [1.165, 1.54) is 11.3 Å². The number of esters is 1. The fourth-order valence-electron chi connectivity index (χ4n) is 3.84. The van der Waals surface area contributed by atoms with Crippen molar-refractivity contribution in [3.05, 3.63) is 27.6 Å². The van der Waals surface area contributed by atoms with Crippen molar-refractivity contribution in [2.24, 2.45) is 5.92 Å². The van der Waals surface area contributed by atoms with Gasteiger partial charge < -0.3 is 14.2 Å². The van der Waals surface area contributed by atoms with Gasteiger partial charge in [0.15, 0.2) is 18.1 Å². The van der Waals surface area contributed by atoms with E-state index in [0.717, 1.165) is 37.4 Å². The second-order valence-electron chi connectivity index (χ2n) is 7.65. The summed E-state index contributed by atoms with van der Waals surface area (Å²) in [6, 6.07) is 3.28. The lowest BCUT2D eigenvalue weighted by Crippen LogP contribution is -2.34. The molecule has 0 spiro atoms. The number of ether oxygens (including phenoxy) is 3. The molecule has 32 heavy (non-hydrogen) atoms. The van der Waals surface area contributed by atoms with Crippen LogP contribution in [0.3, 0.4) is 0 Å². The molecular weight excluding hydrogens is 454 g/mol. The number of carbonyl (C=O) groups excluding carboxylic acids is 3. The number of imide groups is 1. The quantitative estimate of drug-likeness (QED) is 0.349. The number of thioether (sulfide) groups is 1. The summed E-state index contributed by atoms with van der Waals surface area (Å²) < 4.78 is 16.0. The zero-order chi connectivity index (χ0) is 23.1. The summed E-state index contributed by atoms with van der Waals surface area (Å²) in [4.78, 5) is 38.7. The first-order valence-electron chi connectivity index (χ1n) is 10.9. The van der Waals surface area contributed by atoms with E-state index in [0.29, 0.717) is 35.3 Å². The highest BCUT2D eigenvalue weighted by atomic mass is 35.5. The second kappa shape index (κ2) is 11.6. The van der Waals surface area contributed by atoms with Crippen molar-refractivity contribution in [3.8, 4) is 11.5 Å². The highest BCUT2D eigenvalue weighted by molar-refractivity contribution is 8.18. The molecule has 2 aliphatic rings. The largest absolute Gasteiger partial charge is 0.490 e. The van der Waals surface area contributed by atoms with E-state index < -0.39 is 5.97 Å². The van der Waals surface area contributed by atoms with Crippen LogP contribution in [0.15, 0.2) is 17.0 Å². The monoisotopic (exact) mass is 481 g/mol. The van der Waals surface area contributed by atoms with Gasteiger partial charge in [0.2, 0.25) is 0 Å².